The molecule has 0 bridgehead atoms. The quantitative estimate of drug-likeness (QED) is 0.821. The van der Waals surface area contributed by atoms with Crippen LogP contribution in [0.15, 0.2) is 41.1 Å². The average Bonchev–Trinajstić information content (AvgIpc) is 2.99. The van der Waals surface area contributed by atoms with Crippen molar-refractivity contribution in [1.29, 1.82) is 0 Å². The Morgan fingerprint density at radius 3 is 3.00 bits per heavy atom. The summed E-state index contributed by atoms with van der Waals surface area (Å²) in [4.78, 5) is 16.3. The van der Waals surface area contributed by atoms with Crippen LogP contribution in [0.25, 0.3) is 0 Å². The van der Waals surface area contributed by atoms with Gasteiger partial charge in [-0.25, -0.2) is 4.98 Å². The molecule has 1 unspecified atom stereocenters. The van der Waals surface area contributed by atoms with Crippen molar-refractivity contribution in [3.8, 4) is 0 Å². The molecule has 0 spiro atoms. The molecule has 2 N–H and O–H groups in total. The molecule has 5 heteroatoms. The largest absolute Gasteiger partial charge is 0.469 e. The van der Waals surface area contributed by atoms with Crippen LogP contribution in [0, 0.1) is 0 Å². The molecule has 0 aliphatic carbocycles. The number of furan rings is 1. The summed E-state index contributed by atoms with van der Waals surface area (Å²) in [6, 6.07) is 7.38. The maximum Gasteiger partial charge on any atom is 0.251 e. The third-order valence-corrected chi connectivity index (χ3v) is 3.16. The van der Waals surface area contributed by atoms with Gasteiger partial charge in [-0.3, -0.25) is 4.79 Å². The van der Waals surface area contributed by atoms with Crippen molar-refractivity contribution in [3.63, 3.8) is 0 Å². The molecule has 1 atom stereocenters. The van der Waals surface area contributed by atoms with Crippen LogP contribution in [0.1, 0.15) is 36.4 Å². The third-order valence-electron chi connectivity index (χ3n) is 3.16. The van der Waals surface area contributed by atoms with E-state index in [2.05, 4.69) is 15.6 Å². The number of pyridine rings is 1. The summed E-state index contributed by atoms with van der Waals surface area (Å²) in [5.41, 5.74) is 0.616. The Kier molecular flexibility index (Phi) is 5.37. The third kappa shape index (κ3) is 4.63. The van der Waals surface area contributed by atoms with E-state index in [-0.39, 0.29) is 11.9 Å². The molecule has 0 radical (unpaired) electrons. The van der Waals surface area contributed by atoms with Crippen LogP contribution >= 0.6 is 0 Å². The number of rotatable bonds is 7. The molecular formula is C16H21N3O2. The standard InChI is InChI=1S/C16H21N3O2/c1-3-17-15-11-13(8-9-18-15)16(20)19-12(2)6-7-14-5-4-10-21-14/h4-5,8-12H,3,6-7H2,1-2H3,(H,17,18)(H,19,20). The van der Waals surface area contributed by atoms with E-state index in [0.717, 1.165) is 25.1 Å². The normalized spacial score (nSPS) is 11.9. The Balaban J connectivity index is 1.86. The minimum Gasteiger partial charge on any atom is -0.469 e. The molecule has 0 saturated heterocycles. The first kappa shape index (κ1) is 15.1. The number of aromatic nitrogens is 1. The molecule has 0 aromatic carbocycles. The van der Waals surface area contributed by atoms with Gasteiger partial charge in [0.05, 0.1) is 6.26 Å². The lowest BCUT2D eigenvalue weighted by molar-refractivity contribution is 0.0938. The highest BCUT2D eigenvalue weighted by molar-refractivity contribution is 5.94. The zero-order chi connectivity index (χ0) is 15.1. The summed E-state index contributed by atoms with van der Waals surface area (Å²) < 4.78 is 5.29. The van der Waals surface area contributed by atoms with Crippen LogP contribution in [0.2, 0.25) is 0 Å². The second-order valence-electron chi connectivity index (χ2n) is 4.95. The molecule has 2 aromatic heterocycles. The molecular weight excluding hydrogens is 266 g/mol. The summed E-state index contributed by atoms with van der Waals surface area (Å²) in [5, 5.41) is 6.09. The first-order chi connectivity index (χ1) is 10.2. The van der Waals surface area contributed by atoms with Gasteiger partial charge in [-0.2, -0.15) is 0 Å². The van der Waals surface area contributed by atoms with E-state index in [9.17, 15) is 4.79 Å². The monoisotopic (exact) mass is 287 g/mol. The number of carbonyl (C=O) groups is 1. The number of hydrogen-bond donors (Lipinski definition) is 2. The molecule has 2 rings (SSSR count). The number of amides is 1. The van der Waals surface area contributed by atoms with Gasteiger partial charge in [-0.05, 0) is 44.5 Å². The summed E-state index contributed by atoms with van der Waals surface area (Å²) >= 11 is 0. The highest BCUT2D eigenvalue weighted by atomic mass is 16.3. The Bertz CT molecular complexity index is 567. The van der Waals surface area contributed by atoms with Gasteiger partial charge in [0.15, 0.2) is 0 Å². The van der Waals surface area contributed by atoms with Crippen LogP contribution in [0.4, 0.5) is 5.82 Å². The van der Waals surface area contributed by atoms with Gasteiger partial charge < -0.3 is 15.1 Å². The fourth-order valence-electron chi connectivity index (χ4n) is 2.04. The number of nitrogens with one attached hydrogen (secondary N) is 2. The maximum absolute atomic E-state index is 12.2. The van der Waals surface area contributed by atoms with E-state index in [1.165, 1.54) is 0 Å². The van der Waals surface area contributed by atoms with Crippen LogP contribution < -0.4 is 10.6 Å². The van der Waals surface area contributed by atoms with Gasteiger partial charge in [0, 0.05) is 30.8 Å². The fraction of sp³-hybridized carbons (Fsp3) is 0.375. The Labute approximate surface area is 124 Å². The highest BCUT2D eigenvalue weighted by Crippen LogP contribution is 2.09. The van der Waals surface area contributed by atoms with E-state index in [0.29, 0.717) is 11.4 Å². The summed E-state index contributed by atoms with van der Waals surface area (Å²) in [6.45, 7) is 4.76. The van der Waals surface area contributed by atoms with Gasteiger partial charge in [0.25, 0.3) is 5.91 Å². The lowest BCUT2D eigenvalue weighted by Crippen LogP contribution is -2.32. The number of anilines is 1. The molecule has 112 valence electrons. The number of nitrogens with zero attached hydrogens (tertiary/aromatic N) is 1. The van der Waals surface area contributed by atoms with Gasteiger partial charge in [0.1, 0.15) is 11.6 Å². The Morgan fingerprint density at radius 1 is 1.43 bits per heavy atom. The molecule has 0 aliphatic heterocycles. The second kappa shape index (κ2) is 7.47. The number of aryl methyl sites for hydroxylation is 1. The van der Waals surface area contributed by atoms with Crippen LogP contribution in [0.5, 0.6) is 0 Å². The molecule has 1 amide bonds. The number of carbonyl (C=O) groups excluding carboxylic acids is 1. The Morgan fingerprint density at radius 2 is 2.29 bits per heavy atom. The van der Waals surface area contributed by atoms with Crippen molar-refractivity contribution in [1.82, 2.24) is 10.3 Å². The van der Waals surface area contributed by atoms with Crippen molar-refractivity contribution < 1.29 is 9.21 Å². The van der Waals surface area contributed by atoms with Crippen molar-refractivity contribution in [2.75, 3.05) is 11.9 Å². The maximum atomic E-state index is 12.2. The molecule has 5 nitrogen and oxygen atoms in total. The van der Waals surface area contributed by atoms with Crippen LogP contribution in [-0.4, -0.2) is 23.5 Å². The van der Waals surface area contributed by atoms with E-state index in [1.807, 2.05) is 26.0 Å². The minimum absolute atomic E-state index is 0.0801. The Hall–Kier alpha value is -2.30. The average molecular weight is 287 g/mol. The molecule has 2 heterocycles. The molecule has 0 aliphatic rings. The summed E-state index contributed by atoms with van der Waals surface area (Å²) in [7, 11) is 0. The summed E-state index contributed by atoms with van der Waals surface area (Å²) in [6.07, 6.45) is 4.95. The molecule has 0 fully saturated rings. The molecule has 0 saturated carbocycles. The van der Waals surface area contributed by atoms with Gasteiger partial charge in [-0.15, -0.1) is 0 Å². The van der Waals surface area contributed by atoms with Crippen molar-refractivity contribution in [2.24, 2.45) is 0 Å². The fourth-order valence-corrected chi connectivity index (χ4v) is 2.04. The van der Waals surface area contributed by atoms with Crippen LogP contribution in [0.3, 0.4) is 0 Å². The predicted octanol–water partition coefficient (Wildman–Crippen LogP) is 2.86. The first-order valence-corrected chi connectivity index (χ1v) is 7.22. The lowest BCUT2D eigenvalue weighted by atomic mass is 10.1. The van der Waals surface area contributed by atoms with E-state index in [1.54, 1.807) is 24.6 Å². The molecule has 21 heavy (non-hydrogen) atoms. The topological polar surface area (TPSA) is 67.2 Å². The zero-order valence-corrected chi connectivity index (χ0v) is 12.4. The first-order valence-electron chi connectivity index (χ1n) is 7.22. The van der Waals surface area contributed by atoms with Crippen LogP contribution in [-0.2, 0) is 6.42 Å². The van der Waals surface area contributed by atoms with E-state index >= 15 is 0 Å². The summed E-state index contributed by atoms with van der Waals surface area (Å²) in [5.74, 6) is 1.58. The minimum atomic E-state index is -0.0801. The van der Waals surface area contributed by atoms with Crippen molar-refractivity contribution >= 4 is 11.7 Å². The molecule has 2 aromatic rings. The van der Waals surface area contributed by atoms with Gasteiger partial charge in [0.2, 0.25) is 0 Å². The zero-order valence-electron chi connectivity index (χ0n) is 12.4. The predicted molar refractivity (Wildman–Crippen MR) is 82.4 cm³/mol. The smallest absolute Gasteiger partial charge is 0.251 e. The van der Waals surface area contributed by atoms with Gasteiger partial charge in [-0.1, -0.05) is 0 Å². The van der Waals surface area contributed by atoms with Crippen molar-refractivity contribution in [3.05, 3.63) is 48.0 Å². The second-order valence-corrected chi connectivity index (χ2v) is 4.95. The number of hydrogen-bond acceptors (Lipinski definition) is 4. The van der Waals surface area contributed by atoms with Crippen molar-refractivity contribution in [2.45, 2.75) is 32.7 Å². The van der Waals surface area contributed by atoms with Gasteiger partial charge >= 0.3 is 0 Å². The highest BCUT2D eigenvalue weighted by Gasteiger charge is 2.11. The lowest BCUT2D eigenvalue weighted by Gasteiger charge is -2.13. The van der Waals surface area contributed by atoms with E-state index in [4.69, 9.17) is 4.42 Å². The van der Waals surface area contributed by atoms with E-state index < -0.39 is 0 Å². The SMILES string of the molecule is CCNc1cc(C(=O)NC(C)CCc2ccco2)ccn1.